The number of hydrogen-bond donors (Lipinski definition) is 1. The van der Waals surface area contributed by atoms with Gasteiger partial charge in [0, 0.05) is 51.6 Å². The van der Waals surface area contributed by atoms with Gasteiger partial charge in [-0.05, 0) is 19.3 Å². The van der Waals surface area contributed by atoms with E-state index in [9.17, 15) is 9.59 Å². The Balaban J connectivity index is 1.40. The van der Waals surface area contributed by atoms with Crippen molar-refractivity contribution in [3.8, 4) is 0 Å². The van der Waals surface area contributed by atoms with Crippen LogP contribution < -0.4 is 5.32 Å². The van der Waals surface area contributed by atoms with Gasteiger partial charge in [0.05, 0.1) is 18.2 Å². The molecule has 30 heavy (non-hydrogen) atoms. The highest BCUT2D eigenvalue weighted by molar-refractivity contribution is 5.94. The smallest absolute Gasteiger partial charge is 0.273 e. The average Bonchev–Trinajstić information content (AvgIpc) is 3.48. The Morgan fingerprint density at radius 2 is 1.93 bits per heavy atom. The maximum atomic E-state index is 13.3. The lowest BCUT2D eigenvalue weighted by molar-refractivity contribution is -0.137. The van der Waals surface area contributed by atoms with Crippen LogP contribution in [0.5, 0.6) is 0 Å². The summed E-state index contributed by atoms with van der Waals surface area (Å²) in [5.41, 5.74) is 2.09. The Bertz CT molecular complexity index is 981. The van der Waals surface area contributed by atoms with E-state index in [0.717, 1.165) is 55.9 Å². The SMILES string of the molecule is CNc1nc2c(c(C(=O)N3CCCC3)n1)CN(C(=O)C1CCc3ncnn3C1)CC2. The monoisotopic (exact) mass is 410 g/mol. The van der Waals surface area contributed by atoms with Crippen LogP contribution in [-0.4, -0.2) is 73.0 Å². The number of likely N-dealkylation sites (tertiary alicyclic amines) is 1. The molecule has 0 aliphatic carbocycles. The van der Waals surface area contributed by atoms with E-state index in [0.29, 0.717) is 37.7 Å². The Morgan fingerprint density at radius 3 is 2.73 bits per heavy atom. The number of amides is 2. The maximum Gasteiger partial charge on any atom is 0.273 e. The molecule has 1 N–H and O–H groups in total. The fraction of sp³-hybridized carbons (Fsp3) is 0.600. The minimum absolute atomic E-state index is 0.0538. The molecular formula is C20H26N8O2. The number of rotatable bonds is 3. The van der Waals surface area contributed by atoms with Gasteiger partial charge >= 0.3 is 0 Å². The maximum absolute atomic E-state index is 13.3. The van der Waals surface area contributed by atoms with E-state index < -0.39 is 0 Å². The normalized spacial score (nSPS) is 20.6. The number of carbonyl (C=O) groups excluding carboxylic acids is 2. The summed E-state index contributed by atoms with van der Waals surface area (Å²) < 4.78 is 1.83. The number of hydrogen-bond acceptors (Lipinski definition) is 7. The van der Waals surface area contributed by atoms with E-state index in [-0.39, 0.29) is 17.7 Å². The zero-order chi connectivity index (χ0) is 20.7. The van der Waals surface area contributed by atoms with Crippen molar-refractivity contribution < 1.29 is 9.59 Å². The van der Waals surface area contributed by atoms with Crippen molar-refractivity contribution in [1.29, 1.82) is 0 Å². The number of nitrogens with one attached hydrogen (secondary N) is 1. The van der Waals surface area contributed by atoms with E-state index in [1.807, 2.05) is 14.5 Å². The highest BCUT2D eigenvalue weighted by atomic mass is 16.2. The summed E-state index contributed by atoms with van der Waals surface area (Å²) in [6.45, 7) is 3.07. The van der Waals surface area contributed by atoms with Gasteiger partial charge in [-0.15, -0.1) is 0 Å². The van der Waals surface area contributed by atoms with Crippen molar-refractivity contribution >= 4 is 17.8 Å². The molecule has 0 aromatic carbocycles. The van der Waals surface area contributed by atoms with Crippen LogP contribution in [0.15, 0.2) is 6.33 Å². The molecule has 0 saturated carbocycles. The van der Waals surface area contributed by atoms with Gasteiger partial charge in [-0.3, -0.25) is 9.59 Å². The first-order chi connectivity index (χ1) is 14.6. The zero-order valence-electron chi connectivity index (χ0n) is 17.2. The molecule has 3 aliphatic rings. The second-order valence-electron chi connectivity index (χ2n) is 8.17. The third-order valence-corrected chi connectivity index (χ3v) is 6.35. The third-order valence-electron chi connectivity index (χ3n) is 6.35. The van der Waals surface area contributed by atoms with E-state index in [2.05, 4.69) is 25.4 Å². The van der Waals surface area contributed by atoms with Crippen LogP contribution in [-0.2, 0) is 30.7 Å². The Labute approximate surface area is 174 Å². The summed E-state index contributed by atoms with van der Waals surface area (Å²) in [6, 6.07) is 0. The molecule has 0 radical (unpaired) electrons. The van der Waals surface area contributed by atoms with Crippen LogP contribution in [0.4, 0.5) is 5.95 Å². The molecule has 0 bridgehead atoms. The van der Waals surface area contributed by atoms with Gasteiger partial charge in [-0.25, -0.2) is 19.6 Å². The van der Waals surface area contributed by atoms with Crippen molar-refractivity contribution in [2.75, 3.05) is 32.0 Å². The summed E-state index contributed by atoms with van der Waals surface area (Å²) in [4.78, 5) is 43.5. The molecule has 1 saturated heterocycles. The second-order valence-corrected chi connectivity index (χ2v) is 8.17. The van der Waals surface area contributed by atoms with Crippen LogP contribution >= 0.6 is 0 Å². The van der Waals surface area contributed by atoms with Gasteiger partial charge in [0.15, 0.2) is 0 Å². The van der Waals surface area contributed by atoms with Crippen molar-refractivity contribution in [1.82, 2.24) is 34.5 Å². The van der Waals surface area contributed by atoms with Crippen LogP contribution in [0.1, 0.15) is 46.8 Å². The fourth-order valence-corrected chi connectivity index (χ4v) is 4.66. The quantitative estimate of drug-likeness (QED) is 0.784. The highest BCUT2D eigenvalue weighted by Crippen LogP contribution is 2.27. The number of nitrogens with zero attached hydrogens (tertiary/aromatic N) is 7. The van der Waals surface area contributed by atoms with Gasteiger partial charge in [0.1, 0.15) is 17.8 Å². The standard InChI is InChI=1S/C20H26N8O2/c1-21-20-24-15-6-9-27(18(29)13-4-5-16-22-12-23-28(16)10-13)11-14(15)17(25-20)19(30)26-7-2-3-8-26/h12-13H,2-11H2,1H3,(H,21,24,25). The molecule has 1 atom stereocenters. The number of anilines is 1. The lowest BCUT2D eigenvalue weighted by Gasteiger charge is -2.33. The van der Waals surface area contributed by atoms with Crippen molar-refractivity contribution in [3.05, 3.63) is 29.1 Å². The lowest BCUT2D eigenvalue weighted by Crippen LogP contribution is -2.43. The topological polar surface area (TPSA) is 109 Å². The van der Waals surface area contributed by atoms with Gasteiger partial charge in [0.2, 0.25) is 11.9 Å². The van der Waals surface area contributed by atoms with Gasteiger partial charge in [-0.2, -0.15) is 5.10 Å². The van der Waals surface area contributed by atoms with Crippen molar-refractivity contribution in [2.24, 2.45) is 5.92 Å². The van der Waals surface area contributed by atoms with E-state index in [4.69, 9.17) is 0 Å². The van der Waals surface area contributed by atoms with Crippen LogP contribution in [0.25, 0.3) is 0 Å². The molecule has 10 heteroatoms. The van der Waals surface area contributed by atoms with Crippen molar-refractivity contribution in [2.45, 2.75) is 45.2 Å². The molecule has 2 aromatic heterocycles. The number of fused-ring (bicyclic) bond motifs is 2. The molecule has 1 fully saturated rings. The minimum atomic E-state index is -0.115. The average molecular weight is 410 g/mol. The van der Waals surface area contributed by atoms with Crippen LogP contribution in [0.3, 0.4) is 0 Å². The lowest BCUT2D eigenvalue weighted by atomic mass is 9.95. The van der Waals surface area contributed by atoms with E-state index in [1.165, 1.54) is 0 Å². The zero-order valence-corrected chi connectivity index (χ0v) is 17.2. The van der Waals surface area contributed by atoms with E-state index >= 15 is 0 Å². The first-order valence-corrected chi connectivity index (χ1v) is 10.7. The fourth-order valence-electron chi connectivity index (χ4n) is 4.66. The van der Waals surface area contributed by atoms with Crippen LogP contribution in [0.2, 0.25) is 0 Å². The molecule has 2 amide bonds. The predicted octanol–water partition coefficient (Wildman–Crippen LogP) is 0.493. The minimum Gasteiger partial charge on any atom is -0.357 e. The summed E-state index contributed by atoms with van der Waals surface area (Å²) in [6.07, 6.45) is 5.75. The summed E-state index contributed by atoms with van der Waals surface area (Å²) in [5.74, 6) is 1.34. The summed E-state index contributed by atoms with van der Waals surface area (Å²) >= 11 is 0. The molecule has 0 spiro atoms. The molecule has 5 heterocycles. The van der Waals surface area contributed by atoms with Crippen LogP contribution in [0, 0.1) is 5.92 Å². The number of aromatic nitrogens is 5. The van der Waals surface area contributed by atoms with Gasteiger partial charge in [-0.1, -0.05) is 0 Å². The molecular weight excluding hydrogens is 384 g/mol. The highest BCUT2D eigenvalue weighted by Gasteiger charge is 2.34. The number of carbonyl (C=O) groups is 2. The molecule has 3 aliphatic heterocycles. The summed E-state index contributed by atoms with van der Waals surface area (Å²) in [7, 11) is 1.76. The molecule has 2 aromatic rings. The molecule has 5 rings (SSSR count). The Morgan fingerprint density at radius 1 is 1.10 bits per heavy atom. The molecule has 1 unspecified atom stereocenters. The van der Waals surface area contributed by atoms with E-state index in [1.54, 1.807) is 13.4 Å². The first kappa shape index (κ1) is 19.0. The third kappa shape index (κ3) is 3.29. The second kappa shape index (κ2) is 7.66. The Kier molecular flexibility index (Phi) is 4.84. The van der Waals surface area contributed by atoms with Crippen molar-refractivity contribution in [3.63, 3.8) is 0 Å². The predicted molar refractivity (Wildman–Crippen MR) is 108 cm³/mol. The summed E-state index contributed by atoms with van der Waals surface area (Å²) in [5, 5.41) is 7.20. The molecule has 158 valence electrons. The van der Waals surface area contributed by atoms with Gasteiger partial charge < -0.3 is 15.1 Å². The Hall–Kier alpha value is -3.04. The first-order valence-electron chi connectivity index (χ1n) is 10.7. The molecule has 10 nitrogen and oxygen atoms in total. The number of aryl methyl sites for hydroxylation is 1. The van der Waals surface area contributed by atoms with Gasteiger partial charge in [0.25, 0.3) is 5.91 Å². The largest absolute Gasteiger partial charge is 0.357 e.